The van der Waals surface area contributed by atoms with Gasteiger partial charge in [-0.05, 0) is 31.9 Å². The maximum atomic E-state index is 12.8. The lowest BCUT2D eigenvalue weighted by Crippen LogP contribution is -2.56. The minimum absolute atomic E-state index is 0.0655. The van der Waals surface area contributed by atoms with Crippen LogP contribution in [0.5, 0.6) is 0 Å². The highest BCUT2D eigenvalue weighted by Crippen LogP contribution is 2.20. The molecule has 10 nitrogen and oxygen atoms in total. The monoisotopic (exact) mass is 436 g/mol. The van der Waals surface area contributed by atoms with Crippen molar-refractivity contribution in [1.82, 2.24) is 14.8 Å². The van der Waals surface area contributed by atoms with E-state index in [9.17, 15) is 22.8 Å². The summed E-state index contributed by atoms with van der Waals surface area (Å²) in [6.45, 7) is 2.18. The summed E-state index contributed by atoms with van der Waals surface area (Å²) >= 11 is 0. The molecular weight excluding hydrogens is 412 g/mol. The number of carbonyl (C=O) groups excluding carboxylic acids is 2. The van der Waals surface area contributed by atoms with E-state index < -0.39 is 21.3 Å². The zero-order valence-electron chi connectivity index (χ0n) is 16.7. The molecular formula is C19H24N4O6S. The minimum Gasteiger partial charge on any atom is -0.452 e. The van der Waals surface area contributed by atoms with E-state index in [0.717, 1.165) is 12.5 Å². The first-order valence-corrected chi connectivity index (χ1v) is 11.3. The fraction of sp³-hybridized carbons (Fsp3) is 0.421. The van der Waals surface area contributed by atoms with Crippen LogP contribution in [-0.4, -0.2) is 54.6 Å². The Morgan fingerprint density at radius 2 is 2.10 bits per heavy atom. The summed E-state index contributed by atoms with van der Waals surface area (Å²) in [5.74, 6) is -0.733. The van der Waals surface area contributed by atoms with Crippen LogP contribution in [-0.2, 0) is 21.2 Å². The van der Waals surface area contributed by atoms with Crippen molar-refractivity contribution in [3.05, 3.63) is 46.6 Å². The van der Waals surface area contributed by atoms with Crippen LogP contribution < -0.4 is 16.6 Å². The van der Waals surface area contributed by atoms with Crippen LogP contribution in [0.25, 0.3) is 0 Å². The molecule has 3 heterocycles. The van der Waals surface area contributed by atoms with E-state index >= 15 is 0 Å². The summed E-state index contributed by atoms with van der Waals surface area (Å²) in [6.07, 6.45) is 4.92. The van der Waals surface area contributed by atoms with Crippen LogP contribution in [0.2, 0.25) is 0 Å². The summed E-state index contributed by atoms with van der Waals surface area (Å²) in [7, 11) is -3.55. The van der Waals surface area contributed by atoms with Gasteiger partial charge < -0.3 is 24.9 Å². The second kappa shape index (κ2) is 8.34. The SMILES string of the molecule is CC1C(NC(=O)c2coc(S(C)(=O)=O)c2)CCCN1C(=O)Cn1cccc(N)c1=O. The summed E-state index contributed by atoms with van der Waals surface area (Å²) in [5.41, 5.74) is 5.34. The van der Waals surface area contributed by atoms with Gasteiger partial charge in [0, 0.05) is 37.1 Å². The largest absolute Gasteiger partial charge is 0.452 e. The first-order chi connectivity index (χ1) is 14.1. The molecule has 2 unspecified atom stereocenters. The second-order valence-electron chi connectivity index (χ2n) is 7.37. The third-order valence-corrected chi connectivity index (χ3v) is 6.13. The fourth-order valence-electron chi connectivity index (χ4n) is 3.49. The number of nitrogens with one attached hydrogen (secondary N) is 1. The topological polar surface area (TPSA) is 145 Å². The normalized spacial score (nSPS) is 19.5. The molecule has 0 bridgehead atoms. The number of piperidine rings is 1. The average molecular weight is 436 g/mol. The molecule has 0 aromatic carbocycles. The number of likely N-dealkylation sites (tertiary alicyclic amines) is 1. The van der Waals surface area contributed by atoms with Gasteiger partial charge in [0.15, 0.2) is 0 Å². The number of amides is 2. The van der Waals surface area contributed by atoms with Gasteiger partial charge in [0.2, 0.25) is 20.8 Å². The zero-order chi connectivity index (χ0) is 22.1. The Balaban J connectivity index is 1.68. The smallest absolute Gasteiger partial charge is 0.274 e. The van der Waals surface area contributed by atoms with E-state index in [0.29, 0.717) is 19.4 Å². The number of aromatic nitrogens is 1. The summed E-state index contributed by atoms with van der Waals surface area (Å²) in [4.78, 5) is 39.0. The van der Waals surface area contributed by atoms with Gasteiger partial charge in [-0.15, -0.1) is 0 Å². The highest BCUT2D eigenvalue weighted by Gasteiger charge is 2.32. The number of carbonyl (C=O) groups is 2. The van der Waals surface area contributed by atoms with Gasteiger partial charge in [0.25, 0.3) is 11.5 Å². The van der Waals surface area contributed by atoms with Crippen molar-refractivity contribution in [3.8, 4) is 0 Å². The summed E-state index contributed by atoms with van der Waals surface area (Å²) in [6, 6.07) is 3.61. The Labute approximate surface area is 173 Å². The molecule has 1 fully saturated rings. The van der Waals surface area contributed by atoms with Crippen LogP contribution in [0.3, 0.4) is 0 Å². The van der Waals surface area contributed by atoms with Gasteiger partial charge in [0.1, 0.15) is 12.8 Å². The van der Waals surface area contributed by atoms with Gasteiger partial charge in [-0.25, -0.2) is 8.42 Å². The maximum Gasteiger partial charge on any atom is 0.274 e. The van der Waals surface area contributed by atoms with Gasteiger partial charge in [0.05, 0.1) is 11.3 Å². The Morgan fingerprint density at radius 1 is 1.37 bits per heavy atom. The molecule has 3 N–H and O–H groups in total. The lowest BCUT2D eigenvalue weighted by Gasteiger charge is -2.39. The minimum atomic E-state index is -3.55. The molecule has 1 aliphatic rings. The third-order valence-electron chi connectivity index (χ3n) is 5.18. The zero-order valence-corrected chi connectivity index (χ0v) is 17.5. The quantitative estimate of drug-likeness (QED) is 0.683. The van der Waals surface area contributed by atoms with Crippen molar-refractivity contribution >= 4 is 27.3 Å². The van der Waals surface area contributed by atoms with Crippen LogP contribution in [0, 0.1) is 0 Å². The Morgan fingerprint density at radius 3 is 2.77 bits per heavy atom. The first kappa shape index (κ1) is 21.6. The molecule has 11 heteroatoms. The van der Waals surface area contributed by atoms with Crippen molar-refractivity contribution in [3.63, 3.8) is 0 Å². The van der Waals surface area contributed by atoms with Crippen molar-refractivity contribution in [2.45, 2.75) is 43.5 Å². The van der Waals surface area contributed by atoms with E-state index in [1.54, 1.807) is 11.0 Å². The Kier molecular flexibility index (Phi) is 6.01. The molecule has 0 spiro atoms. The summed E-state index contributed by atoms with van der Waals surface area (Å²) < 4.78 is 29.3. The van der Waals surface area contributed by atoms with Gasteiger partial charge in [-0.2, -0.15) is 0 Å². The molecule has 2 aromatic rings. The number of nitrogen functional groups attached to an aromatic ring is 1. The number of hydrogen-bond acceptors (Lipinski definition) is 7. The number of hydrogen-bond donors (Lipinski definition) is 2. The molecule has 0 saturated carbocycles. The average Bonchev–Trinajstić information content (AvgIpc) is 3.18. The van der Waals surface area contributed by atoms with E-state index in [1.807, 2.05) is 6.92 Å². The molecule has 1 aliphatic heterocycles. The van der Waals surface area contributed by atoms with E-state index in [-0.39, 0.29) is 40.9 Å². The maximum absolute atomic E-state index is 12.8. The number of nitrogens with zero attached hydrogens (tertiary/aromatic N) is 2. The molecule has 2 amide bonds. The van der Waals surface area contributed by atoms with Crippen molar-refractivity contribution < 1.29 is 22.4 Å². The van der Waals surface area contributed by atoms with E-state index in [2.05, 4.69) is 5.32 Å². The van der Waals surface area contributed by atoms with Crippen LogP contribution in [0.1, 0.15) is 30.1 Å². The highest BCUT2D eigenvalue weighted by molar-refractivity contribution is 7.90. The molecule has 30 heavy (non-hydrogen) atoms. The molecule has 0 radical (unpaired) electrons. The van der Waals surface area contributed by atoms with E-state index in [1.165, 1.54) is 22.9 Å². The lowest BCUT2D eigenvalue weighted by molar-refractivity contribution is -0.135. The molecule has 162 valence electrons. The van der Waals surface area contributed by atoms with Gasteiger partial charge in [-0.1, -0.05) is 0 Å². The highest BCUT2D eigenvalue weighted by atomic mass is 32.2. The van der Waals surface area contributed by atoms with Crippen LogP contribution >= 0.6 is 0 Å². The van der Waals surface area contributed by atoms with Crippen molar-refractivity contribution in [2.24, 2.45) is 0 Å². The van der Waals surface area contributed by atoms with Gasteiger partial charge in [-0.3, -0.25) is 14.4 Å². The predicted molar refractivity (Wildman–Crippen MR) is 109 cm³/mol. The molecule has 3 rings (SSSR count). The fourth-order valence-corrected chi connectivity index (χ4v) is 4.05. The number of rotatable bonds is 5. The predicted octanol–water partition coefficient (Wildman–Crippen LogP) is 0.237. The second-order valence-corrected chi connectivity index (χ2v) is 9.32. The number of pyridine rings is 1. The third kappa shape index (κ3) is 4.56. The molecule has 2 atom stereocenters. The first-order valence-electron chi connectivity index (χ1n) is 9.42. The Hall–Kier alpha value is -3.08. The van der Waals surface area contributed by atoms with Crippen molar-refractivity contribution in [2.75, 3.05) is 18.5 Å². The molecule has 2 aromatic heterocycles. The standard InChI is InChI=1S/C19H24N4O6S/c1-12-15(21-18(25)13-9-17(29-11-13)30(2,27)28)6-4-8-23(12)16(24)10-22-7-3-5-14(20)19(22)26/h3,5,7,9,11-12,15H,4,6,8,10,20H2,1-2H3,(H,21,25). The lowest BCUT2D eigenvalue weighted by atomic mass is 9.97. The number of nitrogens with two attached hydrogens (primary N) is 1. The number of furan rings is 1. The number of sulfone groups is 1. The summed E-state index contributed by atoms with van der Waals surface area (Å²) in [5, 5.41) is 2.56. The van der Waals surface area contributed by atoms with Crippen LogP contribution in [0.4, 0.5) is 5.69 Å². The number of anilines is 1. The van der Waals surface area contributed by atoms with Crippen molar-refractivity contribution in [1.29, 1.82) is 0 Å². The van der Waals surface area contributed by atoms with E-state index in [4.69, 9.17) is 10.2 Å². The van der Waals surface area contributed by atoms with Crippen LogP contribution in [0.15, 0.2) is 45.0 Å². The molecule has 0 aliphatic carbocycles. The van der Waals surface area contributed by atoms with Gasteiger partial charge >= 0.3 is 0 Å². The molecule has 1 saturated heterocycles. The Bertz CT molecular complexity index is 1120.